The average molecular weight is 691 g/mol. The first kappa shape index (κ1) is 32.7. The fraction of sp³-hybridized carbons (Fsp3) is 0.346. The fourth-order valence-corrected chi connectivity index (χ4v) is 8.53. The van der Waals surface area contributed by atoms with Crippen LogP contribution in [0.4, 0.5) is 0 Å². The summed E-state index contributed by atoms with van der Waals surface area (Å²) in [4.78, 5) is 51.9. The van der Waals surface area contributed by atoms with Crippen LogP contribution in [0.1, 0.15) is 12.5 Å². The molecular formula is C26H25Cl2N3O7S4. The number of hydrogen-bond donors (Lipinski definition) is 2. The Balaban J connectivity index is 1.36. The molecule has 4 rings (SSSR count). The lowest BCUT2D eigenvalue weighted by atomic mass is 10.0. The first-order valence-corrected chi connectivity index (χ1v) is 17.9. The van der Waals surface area contributed by atoms with Crippen LogP contribution in [0.25, 0.3) is 0 Å². The number of aliphatic carboxylic acids is 2. The Morgan fingerprint density at radius 1 is 1.24 bits per heavy atom. The minimum atomic E-state index is -1.27. The number of halogens is 2. The zero-order valence-corrected chi connectivity index (χ0v) is 26.8. The molecule has 0 saturated carbocycles. The Morgan fingerprint density at radius 3 is 2.60 bits per heavy atom. The van der Waals surface area contributed by atoms with Crippen LogP contribution in [0.3, 0.4) is 0 Å². The summed E-state index contributed by atoms with van der Waals surface area (Å²) in [7, 11) is -1.13. The molecular weight excluding hydrogens is 665 g/mol. The summed E-state index contributed by atoms with van der Waals surface area (Å²) in [6, 6.07) is 6.53. The Labute approximate surface area is 267 Å². The number of carboxylic acids is 2. The van der Waals surface area contributed by atoms with Gasteiger partial charge in [0.05, 0.1) is 10.8 Å². The molecule has 1 aromatic heterocycles. The Kier molecular flexibility index (Phi) is 11.3. The topological polar surface area (TPSA) is 148 Å². The van der Waals surface area contributed by atoms with Crippen LogP contribution in [0.5, 0.6) is 0 Å². The summed E-state index contributed by atoms with van der Waals surface area (Å²) >= 11 is 16.0. The molecule has 1 aromatic carbocycles. The Hall–Kier alpha value is -2.23. The summed E-state index contributed by atoms with van der Waals surface area (Å²) in [6.07, 6.45) is 4.84. The number of β-lactam (4-membered cyclic amide) rings is 1. The van der Waals surface area contributed by atoms with Crippen molar-refractivity contribution in [2.75, 3.05) is 29.3 Å². The predicted octanol–water partition coefficient (Wildman–Crippen LogP) is 1.96. The molecule has 16 heteroatoms. The van der Waals surface area contributed by atoms with Crippen LogP contribution in [0.2, 0.25) is 10.0 Å². The van der Waals surface area contributed by atoms with Gasteiger partial charge in [0, 0.05) is 67.7 Å². The molecule has 2 amide bonds. The molecule has 0 bridgehead atoms. The van der Waals surface area contributed by atoms with Crippen molar-refractivity contribution < 1.29 is 38.2 Å². The van der Waals surface area contributed by atoms with E-state index in [0.29, 0.717) is 32.0 Å². The number of fused-ring (bicyclic) bond motifs is 1. The fourth-order valence-electron chi connectivity index (χ4n) is 4.31. The molecule has 0 radical (unpaired) electrons. The van der Waals surface area contributed by atoms with E-state index in [2.05, 4.69) is 5.32 Å². The minimum Gasteiger partial charge on any atom is -0.543 e. The maximum absolute atomic E-state index is 13.0. The molecule has 0 spiro atoms. The molecule has 10 nitrogen and oxygen atoms in total. The minimum absolute atomic E-state index is 0.00363. The largest absolute Gasteiger partial charge is 0.543 e. The maximum Gasteiger partial charge on any atom is 0.352 e. The number of thioether (sulfide) groups is 3. The maximum atomic E-state index is 13.0. The number of nitrogens with one attached hydrogen (secondary N) is 1. The smallest absolute Gasteiger partial charge is 0.352 e. The number of rotatable bonds is 13. The van der Waals surface area contributed by atoms with Crippen LogP contribution in [-0.4, -0.2) is 78.7 Å². The molecule has 1 fully saturated rings. The van der Waals surface area contributed by atoms with Gasteiger partial charge in [0.2, 0.25) is 5.91 Å². The van der Waals surface area contributed by atoms with Gasteiger partial charge < -0.3 is 20.3 Å². The van der Waals surface area contributed by atoms with Gasteiger partial charge in [-0.3, -0.25) is 18.7 Å². The lowest BCUT2D eigenvalue weighted by molar-refractivity contribution is -0.716. The van der Waals surface area contributed by atoms with Crippen LogP contribution in [-0.2, 0) is 30.0 Å². The van der Waals surface area contributed by atoms with Crippen LogP contribution in [0, 0.1) is 0 Å². The number of nitrogens with zero attached hydrogens (tertiary/aromatic N) is 2. The SMILES string of the molecule is CS(=O)CC[C@@H](C(=O)[O-])[n+]1ccc(SCC2=C(C(=O)O)N3C(=O)[C@@H](NC(=O)CSc4cc(Cl)ccc4Cl)[C@H]3SC2)cc1. The third-order valence-corrected chi connectivity index (χ3v) is 11.3. The summed E-state index contributed by atoms with van der Waals surface area (Å²) in [5.74, 6) is -2.49. The van der Waals surface area contributed by atoms with Gasteiger partial charge in [-0.05, 0) is 23.8 Å². The van der Waals surface area contributed by atoms with Gasteiger partial charge in [0.25, 0.3) is 5.91 Å². The number of carbonyl (C=O) groups excluding carboxylic acids is 3. The van der Waals surface area contributed by atoms with Crippen molar-refractivity contribution in [3.63, 3.8) is 0 Å². The summed E-state index contributed by atoms with van der Waals surface area (Å²) in [6.45, 7) is 0. The van der Waals surface area contributed by atoms with E-state index in [9.17, 15) is 33.6 Å². The van der Waals surface area contributed by atoms with Gasteiger partial charge in [-0.1, -0.05) is 23.2 Å². The van der Waals surface area contributed by atoms with E-state index in [0.717, 1.165) is 4.90 Å². The number of aromatic nitrogens is 1. The van der Waals surface area contributed by atoms with Crippen molar-refractivity contribution in [1.82, 2.24) is 10.2 Å². The van der Waals surface area contributed by atoms with Gasteiger partial charge in [0.15, 0.2) is 18.4 Å². The zero-order chi connectivity index (χ0) is 30.6. The van der Waals surface area contributed by atoms with Crippen molar-refractivity contribution in [1.29, 1.82) is 0 Å². The van der Waals surface area contributed by atoms with Gasteiger partial charge in [-0.25, -0.2) is 4.79 Å². The highest BCUT2D eigenvalue weighted by Crippen LogP contribution is 2.41. The normalized spacial score (nSPS) is 19.5. The number of benzene rings is 1. The van der Waals surface area contributed by atoms with E-state index in [-0.39, 0.29) is 29.5 Å². The third-order valence-electron chi connectivity index (χ3n) is 6.36. The Bertz CT molecular complexity index is 1460. The Morgan fingerprint density at radius 2 is 1.95 bits per heavy atom. The van der Waals surface area contributed by atoms with E-state index in [1.54, 1.807) is 42.7 Å². The molecule has 42 heavy (non-hydrogen) atoms. The van der Waals surface area contributed by atoms with E-state index >= 15 is 0 Å². The number of carboxylic acid groups (broad SMARTS) is 2. The summed E-state index contributed by atoms with van der Waals surface area (Å²) in [5.41, 5.74) is 0.477. The molecule has 2 N–H and O–H groups in total. The molecule has 0 aliphatic carbocycles. The monoisotopic (exact) mass is 689 g/mol. The highest BCUT2D eigenvalue weighted by atomic mass is 35.5. The van der Waals surface area contributed by atoms with Crippen molar-refractivity contribution >= 4 is 93.0 Å². The quantitative estimate of drug-likeness (QED) is 0.182. The molecule has 2 aliphatic heterocycles. The van der Waals surface area contributed by atoms with E-state index in [4.69, 9.17) is 23.2 Å². The van der Waals surface area contributed by atoms with E-state index < -0.39 is 46.1 Å². The van der Waals surface area contributed by atoms with Crippen LogP contribution >= 0.6 is 58.5 Å². The molecule has 2 aromatic rings. The molecule has 4 atom stereocenters. The van der Waals surface area contributed by atoms with Crippen molar-refractivity contribution in [3.05, 3.63) is 64.0 Å². The first-order chi connectivity index (χ1) is 20.0. The van der Waals surface area contributed by atoms with Gasteiger partial charge in [0.1, 0.15) is 23.1 Å². The zero-order valence-electron chi connectivity index (χ0n) is 22.0. The first-order valence-electron chi connectivity index (χ1n) is 12.4. The second kappa shape index (κ2) is 14.5. The number of hydrogen-bond acceptors (Lipinski definition) is 9. The summed E-state index contributed by atoms with van der Waals surface area (Å²) < 4.78 is 12.9. The van der Waals surface area contributed by atoms with Gasteiger partial charge in [-0.2, -0.15) is 4.57 Å². The van der Waals surface area contributed by atoms with E-state index in [1.165, 1.54) is 51.0 Å². The highest BCUT2D eigenvalue weighted by Gasteiger charge is 2.54. The van der Waals surface area contributed by atoms with Gasteiger partial charge in [-0.15, -0.1) is 35.3 Å². The molecule has 224 valence electrons. The molecule has 1 unspecified atom stereocenters. The number of pyridine rings is 1. The lowest BCUT2D eigenvalue weighted by Crippen LogP contribution is -2.70. The lowest BCUT2D eigenvalue weighted by Gasteiger charge is -2.49. The van der Waals surface area contributed by atoms with Crippen molar-refractivity contribution in [2.24, 2.45) is 0 Å². The van der Waals surface area contributed by atoms with Crippen LogP contribution < -0.4 is 15.0 Å². The molecule has 2 aliphatic rings. The standard InChI is InChI=1S/C26H25Cl2N3O7S4/c1-42(38)9-6-18(25(34)35)30-7-4-16(5-8-30)39-11-14-12-41-24-21(23(33)31(24)22(14)26(36)37)29-20(32)13-40-19-10-15(27)2-3-17(19)28/h2-5,7-8,10,18,21,24H,6,9,11-13H2,1H3,(H2-,29,32,34,35,36,37)/t18-,21+,24+,42?/m0/s1. The highest BCUT2D eigenvalue weighted by molar-refractivity contribution is 8.01. The van der Waals surface area contributed by atoms with Crippen LogP contribution in [0.15, 0.2) is 63.8 Å². The summed E-state index contributed by atoms with van der Waals surface area (Å²) in [5, 5.41) is 24.6. The second-order valence-electron chi connectivity index (χ2n) is 9.25. The predicted molar refractivity (Wildman–Crippen MR) is 162 cm³/mol. The second-order valence-corrected chi connectivity index (χ2v) is 14.8. The third kappa shape index (κ3) is 7.83. The average Bonchev–Trinajstić information content (AvgIpc) is 2.95. The number of carbonyl (C=O) groups is 4. The van der Waals surface area contributed by atoms with Crippen molar-refractivity contribution in [2.45, 2.75) is 33.7 Å². The van der Waals surface area contributed by atoms with E-state index in [1.807, 2.05) is 0 Å². The molecule has 1 saturated heterocycles. The number of amides is 2. The van der Waals surface area contributed by atoms with Crippen molar-refractivity contribution in [3.8, 4) is 0 Å². The molecule has 3 heterocycles. The van der Waals surface area contributed by atoms with Gasteiger partial charge >= 0.3 is 5.97 Å².